The molecule has 1 aromatic heterocycles. The summed E-state index contributed by atoms with van der Waals surface area (Å²) in [7, 11) is 0. The van der Waals surface area contributed by atoms with Gasteiger partial charge in [0.1, 0.15) is 0 Å². The zero-order valence-corrected chi connectivity index (χ0v) is 7.67. The Bertz CT molecular complexity index is 425. The highest BCUT2D eigenvalue weighted by molar-refractivity contribution is 5.74. The van der Waals surface area contributed by atoms with E-state index in [0.717, 1.165) is 11.0 Å². The fourth-order valence-corrected chi connectivity index (χ4v) is 1.44. The molecule has 0 spiro atoms. The predicted octanol–water partition coefficient (Wildman–Crippen LogP) is 0.389. The molecular formula is C10H12N2O2. The van der Waals surface area contributed by atoms with Gasteiger partial charge in [0.05, 0.1) is 36.6 Å². The second kappa shape index (κ2) is 3.77. The summed E-state index contributed by atoms with van der Waals surface area (Å²) in [6.07, 6.45) is 0.941. The first-order chi connectivity index (χ1) is 6.81. The van der Waals surface area contributed by atoms with Crippen LogP contribution in [0.1, 0.15) is 0 Å². The molecule has 0 amide bonds. The lowest BCUT2D eigenvalue weighted by Crippen LogP contribution is -2.19. The molecule has 0 saturated heterocycles. The van der Waals surface area contributed by atoms with Gasteiger partial charge in [0, 0.05) is 0 Å². The molecule has 0 aliphatic carbocycles. The average molecular weight is 192 g/mol. The van der Waals surface area contributed by atoms with E-state index < -0.39 is 6.10 Å². The number of aliphatic hydroxyl groups is 2. The number of hydrogen-bond donors (Lipinski definition) is 2. The van der Waals surface area contributed by atoms with Crippen LogP contribution in [-0.4, -0.2) is 32.5 Å². The first-order valence-electron chi connectivity index (χ1n) is 4.50. The van der Waals surface area contributed by atoms with Gasteiger partial charge in [-0.25, -0.2) is 4.98 Å². The summed E-state index contributed by atoms with van der Waals surface area (Å²) in [5.41, 5.74) is 1.87. The number of benzene rings is 1. The van der Waals surface area contributed by atoms with Crippen molar-refractivity contribution >= 4 is 11.0 Å². The van der Waals surface area contributed by atoms with Gasteiger partial charge in [-0.05, 0) is 12.1 Å². The Balaban J connectivity index is 2.33. The highest BCUT2D eigenvalue weighted by atomic mass is 16.3. The van der Waals surface area contributed by atoms with Crippen molar-refractivity contribution in [2.75, 3.05) is 6.61 Å². The van der Waals surface area contributed by atoms with Crippen molar-refractivity contribution in [3.8, 4) is 0 Å². The molecule has 4 heteroatoms. The molecule has 0 bridgehead atoms. The maximum Gasteiger partial charge on any atom is 0.0959 e. The number of rotatable bonds is 3. The smallest absolute Gasteiger partial charge is 0.0959 e. The largest absolute Gasteiger partial charge is 0.394 e. The minimum atomic E-state index is -0.729. The summed E-state index contributed by atoms with van der Waals surface area (Å²) < 4.78 is 1.83. The van der Waals surface area contributed by atoms with Crippen LogP contribution in [0.5, 0.6) is 0 Å². The number of nitrogens with zero attached hydrogens (tertiary/aromatic N) is 2. The number of aliphatic hydroxyl groups excluding tert-OH is 2. The maximum absolute atomic E-state index is 9.29. The predicted molar refractivity (Wildman–Crippen MR) is 52.8 cm³/mol. The zero-order chi connectivity index (χ0) is 9.97. The number of imidazole rings is 1. The van der Waals surface area contributed by atoms with Crippen molar-refractivity contribution < 1.29 is 10.2 Å². The lowest BCUT2D eigenvalue weighted by Gasteiger charge is -2.08. The Kier molecular flexibility index (Phi) is 2.47. The molecule has 0 fully saturated rings. The van der Waals surface area contributed by atoms with Crippen LogP contribution in [0.2, 0.25) is 0 Å². The Morgan fingerprint density at radius 1 is 1.36 bits per heavy atom. The van der Waals surface area contributed by atoms with Gasteiger partial charge in [-0.1, -0.05) is 12.1 Å². The Morgan fingerprint density at radius 3 is 2.93 bits per heavy atom. The molecule has 2 N–H and O–H groups in total. The van der Waals surface area contributed by atoms with Crippen LogP contribution in [0.15, 0.2) is 30.6 Å². The van der Waals surface area contributed by atoms with Gasteiger partial charge in [-0.2, -0.15) is 0 Å². The summed E-state index contributed by atoms with van der Waals surface area (Å²) in [6.45, 7) is 0.142. The van der Waals surface area contributed by atoms with E-state index in [0.29, 0.717) is 6.54 Å². The van der Waals surface area contributed by atoms with Crippen LogP contribution in [0.3, 0.4) is 0 Å². The third kappa shape index (κ3) is 1.62. The van der Waals surface area contributed by atoms with Crippen LogP contribution < -0.4 is 0 Å². The van der Waals surface area contributed by atoms with Crippen molar-refractivity contribution in [2.24, 2.45) is 0 Å². The molecule has 2 rings (SSSR count). The van der Waals surface area contributed by atoms with Crippen LogP contribution in [0.25, 0.3) is 11.0 Å². The molecule has 0 radical (unpaired) electrons. The Morgan fingerprint density at radius 2 is 2.14 bits per heavy atom. The monoisotopic (exact) mass is 192 g/mol. The first-order valence-corrected chi connectivity index (χ1v) is 4.50. The van der Waals surface area contributed by atoms with Gasteiger partial charge in [0.25, 0.3) is 0 Å². The van der Waals surface area contributed by atoms with Crippen molar-refractivity contribution in [2.45, 2.75) is 12.6 Å². The number of hydrogen-bond acceptors (Lipinski definition) is 3. The summed E-state index contributed by atoms with van der Waals surface area (Å²) in [5, 5.41) is 18.0. The van der Waals surface area contributed by atoms with Gasteiger partial charge >= 0.3 is 0 Å². The van der Waals surface area contributed by atoms with Gasteiger partial charge in [0.2, 0.25) is 0 Å². The fraction of sp³-hybridized carbons (Fsp3) is 0.300. The second-order valence-corrected chi connectivity index (χ2v) is 3.22. The molecule has 2 aromatic rings. The van der Waals surface area contributed by atoms with Crippen LogP contribution in [-0.2, 0) is 6.54 Å². The lowest BCUT2D eigenvalue weighted by atomic mass is 10.3. The lowest BCUT2D eigenvalue weighted by molar-refractivity contribution is 0.0821. The van der Waals surface area contributed by atoms with Crippen LogP contribution >= 0.6 is 0 Å². The van der Waals surface area contributed by atoms with E-state index in [1.54, 1.807) is 6.33 Å². The molecule has 74 valence electrons. The number of para-hydroxylation sites is 2. The van der Waals surface area contributed by atoms with E-state index in [1.807, 2.05) is 28.8 Å². The zero-order valence-electron chi connectivity index (χ0n) is 7.67. The molecule has 0 aliphatic heterocycles. The van der Waals surface area contributed by atoms with Crippen molar-refractivity contribution in [1.29, 1.82) is 0 Å². The number of aromatic nitrogens is 2. The van der Waals surface area contributed by atoms with E-state index in [9.17, 15) is 5.11 Å². The average Bonchev–Trinajstić information content (AvgIpc) is 2.62. The molecule has 14 heavy (non-hydrogen) atoms. The minimum absolute atomic E-state index is 0.230. The molecule has 0 saturated carbocycles. The van der Waals surface area contributed by atoms with Crippen LogP contribution in [0.4, 0.5) is 0 Å². The highest BCUT2D eigenvalue weighted by Gasteiger charge is 2.06. The van der Waals surface area contributed by atoms with E-state index in [1.165, 1.54) is 0 Å². The molecule has 1 unspecified atom stereocenters. The molecule has 4 nitrogen and oxygen atoms in total. The first kappa shape index (κ1) is 9.18. The van der Waals surface area contributed by atoms with E-state index in [4.69, 9.17) is 5.11 Å². The van der Waals surface area contributed by atoms with E-state index >= 15 is 0 Å². The quantitative estimate of drug-likeness (QED) is 0.739. The SMILES string of the molecule is OCC(O)Cn1cnc2ccccc21. The summed E-state index contributed by atoms with van der Waals surface area (Å²) in [6, 6.07) is 7.69. The normalized spacial score (nSPS) is 13.3. The standard InChI is InChI=1S/C10H12N2O2/c13-6-8(14)5-12-7-11-9-3-1-2-4-10(9)12/h1-4,7-8,13-14H,5-6H2. The fourth-order valence-electron chi connectivity index (χ4n) is 1.44. The van der Waals surface area contributed by atoms with Crippen molar-refractivity contribution in [3.63, 3.8) is 0 Å². The Labute approximate surface area is 81.4 Å². The second-order valence-electron chi connectivity index (χ2n) is 3.22. The van der Waals surface area contributed by atoms with E-state index in [2.05, 4.69) is 4.98 Å². The Hall–Kier alpha value is -1.39. The third-order valence-corrected chi connectivity index (χ3v) is 2.15. The van der Waals surface area contributed by atoms with Gasteiger partial charge in [-0.15, -0.1) is 0 Å². The van der Waals surface area contributed by atoms with Gasteiger partial charge in [-0.3, -0.25) is 0 Å². The summed E-state index contributed by atoms with van der Waals surface area (Å²) >= 11 is 0. The summed E-state index contributed by atoms with van der Waals surface area (Å²) in [4.78, 5) is 4.18. The minimum Gasteiger partial charge on any atom is -0.394 e. The molecular weight excluding hydrogens is 180 g/mol. The van der Waals surface area contributed by atoms with Crippen LogP contribution in [0, 0.1) is 0 Å². The molecule has 1 aromatic carbocycles. The van der Waals surface area contributed by atoms with Gasteiger partial charge in [0.15, 0.2) is 0 Å². The van der Waals surface area contributed by atoms with Crippen molar-refractivity contribution in [3.05, 3.63) is 30.6 Å². The molecule has 0 aliphatic rings. The maximum atomic E-state index is 9.29. The number of fused-ring (bicyclic) bond motifs is 1. The van der Waals surface area contributed by atoms with E-state index in [-0.39, 0.29) is 6.61 Å². The highest BCUT2D eigenvalue weighted by Crippen LogP contribution is 2.11. The third-order valence-electron chi connectivity index (χ3n) is 2.15. The molecule has 1 atom stereocenters. The topological polar surface area (TPSA) is 58.3 Å². The van der Waals surface area contributed by atoms with Crippen molar-refractivity contribution in [1.82, 2.24) is 9.55 Å². The molecule has 1 heterocycles. The van der Waals surface area contributed by atoms with Gasteiger partial charge < -0.3 is 14.8 Å². The summed E-state index contributed by atoms with van der Waals surface area (Å²) in [5.74, 6) is 0.